The highest BCUT2D eigenvalue weighted by Gasteiger charge is 2.20. The Balaban J connectivity index is 2.16. The summed E-state index contributed by atoms with van der Waals surface area (Å²) < 4.78 is 0. The molecule has 0 saturated heterocycles. The summed E-state index contributed by atoms with van der Waals surface area (Å²) in [5, 5.41) is 8.54. The first kappa shape index (κ1) is 9.52. The molecule has 1 fully saturated rings. The molecule has 0 aliphatic heterocycles. The molecular formula is C9H17NO2. The zero-order valence-corrected chi connectivity index (χ0v) is 7.62. The van der Waals surface area contributed by atoms with Crippen LogP contribution in [0.4, 0.5) is 0 Å². The highest BCUT2D eigenvalue weighted by atomic mass is 16.3. The maximum Gasteiger partial charge on any atom is 0.224 e. The Hall–Kier alpha value is -0.570. The minimum absolute atomic E-state index is 0.0339. The van der Waals surface area contributed by atoms with Crippen molar-refractivity contribution in [3.63, 3.8) is 0 Å². The summed E-state index contributed by atoms with van der Waals surface area (Å²) in [6.45, 7) is 0.840. The summed E-state index contributed by atoms with van der Waals surface area (Å²) in [4.78, 5) is 12.9. The quantitative estimate of drug-likeness (QED) is 0.674. The average Bonchev–Trinajstić information content (AvgIpc) is 1.97. The SMILES string of the molecule is CN(CC1CCC1)C(=O)CCO. The molecule has 0 atom stereocenters. The van der Waals surface area contributed by atoms with Crippen molar-refractivity contribution < 1.29 is 9.90 Å². The molecule has 1 N–H and O–H groups in total. The highest BCUT2D eigenvalue weighted by Crippen LogP contribution is 2.26. The molecule has 0 spiro atoms. The van der Waals surface area contributed by atoms with Crippen LogP contribution in [0.2, 0.25) is 0 Å². The van der Waals surface area contributed by atoms with E-state index >= 15 is 0 Å². The van der Waals surface area contributed by atoms with E-state index in [1.165, 1.54) is 19.3 Å². The lowest BCUT2D eigenvalue weighted by molar-refractivity contribution is -0.131. The number of carbonyl (C=O) groups is 1. The van der Waals surface area contributed by atoms with Crippen LogP contribution in [0, 0.1) is 5.92 Å². The van der Waals surface area contributed by atoms with Crippen LogP contribution < -0.4 is 0 Å². The van der Waals surface area contributed by atoms with Gasteiger partial charge in [-0.25, -0.2) is 0 Å². The molecule has 70 valence electrons. The molecule has 1 rings (SSSR count). The van der Waals surface area contributed by atoms with E-state index in [0.29, 0.717) is 0 Å². The number of nitrogens with zero attached hydrogens (tertiary/aromatic N) is 1. The molecular weight excluding hydrogens is 154 g/mol. The number of hydrogen-bond acceptors (Lipinski definition) is 2. The van der Waals surface area contributed by atoms with Gasteiger partial charge < -0.3 is 10.0 Å². The zero-order chi connectivity index (χ0) is 8.97. The van der Waals surface area contributed by atoms with E-state index in [1.807, 2.05) is 7.05 Å². The minimum Gasteiger partial charge on any atom is -0.396 e. The molecule has 0 aromatic carbocycles. The predicted octanol–water partition coefficient (Wildman–Crippen LogP) is 0.627. The van der Waals surface area contributed by atoms with E-state index in [1.54, 1.807) is 4.90 Å². The monoisotopic (exact) mass is 171 g/mol. The van der Waals surface area contributed by atoms with Crippen molar-refractivity contribution in [2.24, 2.45) is 5.92 Å². The Morgan fingerprint density at radius 2 is 2.25 bits per heavy atom. The van der Waals surface area contributed by atoms with Crippen LogP contribution in [-0.2, 0) is 4.79 Å². The van der Waals surface area contributed by atoms with Crippen molar-refractivity contribution in [1.29, 1.82) is 0 Å². The van der Waals surface area contributed by atoms with Crippen LogP contribution >= 0.6 is 0 Å². The first-order valence-electron chi connectivity index (χ1n) is 4.59. The third-order valence-electron chi connectivity index (χ3n) is 2.51. The number of rotatable bonds is 4. The van der Waals surface area contributed by atoms with Gasteiger partial charge in [-0.3, -0.25) is 4.79 Å². The zero-order valence-electron chi connectivity index (χ0n) is 7.62. The fourth-order valence-electron chi connectivity index (χ4n) is 1.45. The fourth-order valence-corrected chi connectivity index (χ4v) is 1.45. The molecule has 0 unspecified atom stereocenters. The summed E-state index contributed by atoms with van der Waals surface area (Å²) in [6, 6.07) is 0. The van der Waals surface area contributed by atoms with Gasteiger partial charge in [0.2, 0.25) is 5.91 Å². The molecule has 0 aromatic rings. The van der Waals surface area contributed by atoms with Gasteiger partial charge in [0.1, 0.15) is 0 Å². The average molecular weight is 171 g/mol. The van der Waals surface area contributed by atoms with Crippen molar-refractivity contribution in [2.75, 3.05) is 20.2 Å². The molecule has 0 heterocycles. The number of carbonyl (C=O) groups excluding carboxylic acids is 1. The molecule has 1 aliphatic rings. The van der Waals surface area contributed by atoms with E-state index in [0.717, 1.165) is 12.5 Å². The van der Waals surface area contributed by atoms with Gasteiger partial charge in [0.05, 0.1) is 6.61 Å². The molecule has 0 bridgehead atoms. The topological polar surface area (TPSA) is 40.5 Å². The van der Waals surface area contributed by atoms with Gasteiger partial charge in [0, 0.05) is 20.0 Å². The van der Waals surface area contributed by atoms with Crippen LogP contribution in [-0.4, -0.2) is 36.1 Å². The van der Waals surface area contributed by atoms with Gasteiger partial charge in [0.25, 0.3) is 0 Å². The van der Waals surface area contributed by atoms with Gasteiger partial charge in [-0.1, -0.05) is 6.42 Å². The number of hydrogen-bond donors (Lipinski definition) is 1. The first-order valence-corrected chi connectivity index (χ1v) is 4.59. The van der Waals surface area contributed by atoms with E-state index in [2.05, 4.69) is 0 Å². The van der Waals surface area contributed by atoms with E-state index in [-0.39, 0.29) is 18.9 Å². The summed E-state index contributed by atoms with van der Waals surface area (Å²) in [7, 11) is 1.82. The Morgan fingerprint density at radius 1 is 1.58 bits per heavy atom. The standard InChI is InChI=1S/C9H17NO2/c1-10(9(12)5-6-11)7-8-3-2-4-8/h8,11H,2-7H2,1H3. The van der Waals surface area contributed by atoms with Crippen LogP contribution in [0.15, 0.2) is 0 Å². The molecule has 1 saturated carbocycles. The van der Waals surface area contributed by atoms with Gasteiger partial charge in [-0.2, -0.15) is 0 Å². The van der Waals surface area contributed by atoms with Crippen LogP contribution in [0.1, 0.15) is 25.7 Å². The lowest BCUT2D eigenvalue weighted by atomic mass is 9.85. The van der Waals surface area contributed by atoms with Crippen molar-refractivity contribution in [3.05, 3.63) is 0 Å². The Bertz CT molecular complexity index is 155. The van der Waals surface area contributed by atoms with E-state index in [4.69, 9.17) is 5.11 Å². The van der Waals surface area contributed by atoms with Gasteiger partial charge >= 0.3 is 0 Å². The Kier molecular flexibility index (Phi) is 3.53. The van der Waals surface area contributed by atoms with Crippen LogP contribution in [0.25, 0.3) is 0 Å². The predicted molar refractivity (Wildman–Crippen MR) is 46.7 cm³/mol. The van der Waals surface area contributed by atoms with Crippen LogP contribution in [0.3, 0.4) is 0 Å². The Morgan fingerprint density at radius 3 is 2.67 bits per heavy atom. The molecule has 1 aliphatic carbocycles. The molecule has 3 nitrogen and oxygen atoms in total. The number of amides is 1. The molecule has 3 heteroatoms. The second kappa shape index (κ2) is 4.45. The van der Waals surface area contributed by atoms with Crippen molar-refractivity contribution in [2.45, 2.75) is 25.7 Å². The molecule has 12 heavy (non-hydrogen) atoms. The van der Waals surface area contributed by atoms with E-state index < -0.39 is 0 Å². The van der Waals surface area contributed by atoms with Gasteiger partial charge in [0.15, 0.2) is 0 Å². The van der Waals surface area contributed by atoms with Crippen molar-refractivity contribution in [1.82, 2.24) is 4.90 Å². The largest absolute Gasteiger partial charge is 0.396 e. The normalized spacial score (nSPS) is 17.2. The Labute approximate surface area is 73.4 Å². The number of aliphatic hydroxyl groups excluding tert-OH is 1. The maximum atomic E-state index is 11.2. The third kappa shape index (κ3) is 2.48. The molecule has 0 radical (unpaired) electrons. The summed E-state index contributed by atoms with van der Waals surface area (Å²) in [5.74, 6) is 0.780. The van der Waals surface area contributed by atoms with Gasteiger partial charge in [-0.05, 0) is 18.8 Å². The first-order chi connectivity index (χ1) is 5.74. The van der Waals surface area contributed by atoms with Gasteiger partial charge in [-0.15, -0.1) is 0 Å². The van der Waals surface area contributed by atoms with E-state index in [9.17, 15) is 4.79 Å². The minimum atomic E-state index is -0.0339. The lowest BCUT2D eigenvalue weighted by Gasteiger charge is -2.30. The third-order valence-corrected chi connectivity index (χ3v) is 2.51. The highest BCUT2D eigenvalue weighted by molar-refractivity contribution is 5.75. The lowest BCUT2D eigenvalue weighted by Crippen LogP contribution is -2.34. The smallest absolute Gasteiger partial charge is 0.224 e. The van der Waals surface area contributed by atoms with Crippen LogP contribution in [0.5, 0.6) is 0 Å². The molecule has 1 amide bonds. The fraction of sp³-hybridized carbons (Fsp3) is 0.889. The van der Waals surface area contributed by atoms with Crippen molar-refractivity contribution >= 4 is 5.91 Å². The second-order valence-electron chi connectivity index (χ2n) is 3.54. The summed E-state index contributed by atoms with van der Waals surface area (Å²) in [6.07, 6.45) is 4.10. The summed E-state index contributed by atoms with van der Waals surface area (Å²) >= 11 is 0. The maximum absolute atomic E-state index is 11.2. The summed E-state index contributed by atoms with van der Waals surface area (Å²) in [5.41, 5.74) is 0. The van der Waals surface area contributed by atoms with Crippen molar-refractivity contribution in [3.8, 4) is 0 Å². The number of aliphatic hydroxyl groups is 1. The second-order valence-corrected chi connectivity index (χ2v) is 3.54. The molecule has 0 aromatic heterocycles.